The standard InChI is InChI=1S/C16H15N3O7S/c1-26-12-7-10(8-17-14(12)16(23)18-9-13(20)21)15(22)19-27(24,25)11-5-3-2-4-6-11/h2-8H,9H2,1H3,(H,18,23)(H,19,22)(H,20,21). The molecule has 2 rings (SSSR count). The van der Waals surface area contributed by atoms with Gasteiger partial charge in [-0.25, -0.2) is 18.1 Å². The Balaban J connectivity index is 2.22. The Morgan fingerprint density at radius 3 is 2.41 bits per heavy atom. The van der Waals surface area contributed by atoms with Gasteiger partial charge in [0.25, 0.3) is 21.8 Å². The van der Waals surface area contributed by atoms with Crippen molar-refractivity contribution in [1.29, 1.82) is 0 Å². The number of amides is 2. The summed E-state index contributed by atoms with van der Waals surface area (Å²) in [5.74, 6) is -3.16. The number of pyridine rings is 1. The third kappa shape index (κ3) is 5.01. The highest BCUT2D eigenvalue weighted by Crippen LogP contribution is 2.18. The lowest BCUT2D eigenvalue weighted by atomic mass is 10.2. The first-order chi connectivity index (χ1) is 12.7. The molecule has 27 heavy (non-hydrogen) atoms. The molecule has 0 radical (unpaired) electrons. The molecule has 1 heterocycles. The van der Waals surface area contributed by atoms with Gasteiger partial charge in [0.2, 0.25) is 0 Å². The number of nitrogens with one attached hydrogen (secondary N) is 2. The number of carboxylic acids is 1. The van der Waals surface area contributed by atoms with Gasteiger partial charge >= 0.3 is 5.97 Å². The van der Waals surface area contributed by atoms with Crippen LogP contribution in [0, 0.1) is 0 Å². The Morgan fingerprint density at radius 2 is 1.81 bits per heavy atom. The number of carbonyl (C=O) groups is 3. The fourth-order valence-corrected chi connectivity index (χ4v) is 2.97. The lowest BCUT2D eigenvalue weighted by Gasteiger charge is -2.10. The average molecular weight is 393 g/mol. The van der Waals surface area contributed by atoms with Gasteiger partial charge in [-0.05, 0) is 18.2 Å². The van der Waals surface area contributed by atoms with E-state index in [1.54, 1.807) is 6.07 Å². The van der Waals surface area contributed by atoms with E-state index in [2.05, 4.69) is 10.3 Å². The van der Waals surface area contributed by atoms with E-state index in [4.69, 9.17) is 9.84 Å². The van der Waals surface area contributed by atoms with Crippen molar-refractivity contribution in [3.63, 3.8) is 0 Å². The Bertz CT molecular complexity index is 975. The molecule has 0 unspecified atom stereocenters. The maximum absolute atomic E-state index is 12.2. The molecular formula is C16H15N3O7S. The number of carboxylic acid groups (broad SMARTS) is 1. The monoisotopic (exact) mass is 393 g/mol. The molecule has 2 amide bonds. The van der Waals surface area contributed by atoms with E-state index in [9.17, 15) is 22.8 Å². The zero-order chi connectivity index (χ0) is 20.0. The van der Waals surface area contributed by atoms with Crippen LogP contribution in [0.1, 0.15) is 20.8 Å². The van der Waals surface area contributed by atoms with Gasteiger partial charge in [0.05, 0.1) is 17.6 Å². The van der Waals surface area contributed by atoms with Gasteiger partial charge in [-0.15, -0.1) is 0 Å². The maximum Gasteiger partial charge on any atom is 0.322 e. The fourth-order valence-electron chi connectivity index (χ4n) is 1.97. The van der Waals surface area contributed by atoms with Crippen LogP contribution in [0.5, 0.6) is 5.75 Å². The van der Waals surface area contributed by atoms with E-state index >= 15 is 0 Å². The van der Waals surface area contributed by atoms with E-state index < -0.39 is 34.4 Å². The van der Waals surface area contributed by atoms with Crippen LogP contribution in [-0.4, -0.2) is 49.9 Å². The lowest BCUT2D eigenvalue weighted by Crippen LogP contribution is -2.32. The number of methoxy groups -OCH3 is 1. The highest BCUT2D eigenvalue weighted by molar-refractivity contribution is 7.90. The number of aromatic nitrogens is 1. The van der Waals surface area contributed by atoms with Crippen molar-refractivity contribution in [3.05, 3.63) is 53.9 Å². The van der Waals surface area contributed by atoms with Crippen molar-refractivity contribution < 1.29 is 32.6 Å². The number of aliphatic carboxylic acids is 1. The van der Waals surface area contributed by atoms with Gasteiger partial charge in [0, 0.05) is 6.20 Å². The third-order valence-corrected chi connectivity index (χ3v) is 4.58. The van der Waals surface area contributed by atoms with E-state index in [1.165, 1.54) is 31.4 Å². The predicted molar refractivity (Wildman–Crippen MR) is 91.9 cm³/mol. The molecule has 11 heteroatoms. The third-order valence-electron chi connectivity index (χ3n) is 3.23. The summed E-state index contributed by atoms with van der Waals surface area (Å²) in [6.07, 6.45) is 0.980. The highest BCUT2D eigenvalue weighted by atomic mass is 32.2. The van der Waals surface area contributed by atoms with Crippen LogP contribution in [0.15, 0.2) is 47.5 Å². The molecule has 142 valence electrons. The van der Waals surface area contributed by atoms with Crippen LogP contribution < -0.4 is 14.8 Å². The van der Waals surface area contributed by atoms with Crippen LogP contribution in [-0.2, 0) is 14.8 Å². The minimum Gasteiger partial charge on any atom is -0.494 e. The van der Waals surface area contributed by atoms with Crippen molar-refractivity contribution in [2.45, 2.75) is 4.90 Å². The first kappa shape index (κ1) is 19.8. The van der Waals surface area contributed by atoms with Crippen molar-refractivity contribution in [2.75, 3.05) is 13.7 Å². The van der Waals surface area contributed by atoms with Crippen molar-refractivity contribution in [3.8, 4) is 5.75 Å². The molecule has 0 saturated carbocycles. The number of ether oxygens (including phenoxy) is 1. The lowest BCUT2D eigenvalue weighted by molar-refractivity contribution is -0.135. The Kier molecular flexibility index (Phi) is 6.08. The molecular weight excluding hydrogens is 378 g/mol. The molecule has 2 aromatic rings. The summed E-state index contributed by atoms with van der Waals surface area (Å²) in [6.45, 7) is -0.624. The van der Waals surface area contributed by atoms with E-state index in [0.717, 1.165) is 12.3 Å². The number of nitrogens with zero attached hydrogens (tertiary/aromatic N) is 1. The molecule has 3 N–H and O–H groups in total. The van der Waals surface area contributed by atoms with Crippen LogP contribution in [0.2, 0.25) is 0 Å². The summed E-state index contributed by atoms with van der Waals surface area (Å²) in [7, 11) is -2.87. The number of sulfonamides is 1. The number of rotatable bonds is 7. The molecule has 0 bridgehead atoms. The predicted octanol–water partition coefficient (Wildman–Crippen LogP) is 0.0233. The highest BCUT2D eigenvalue weighted by Gasteiger charge is 2.21. The Hall–Kier alpha value is -3.47. The Labute approximate surface area is 154 Å². The first-order valence-corrected chi connectivity index (χ1v) is 8.89. The number of carbonyl (C=O) groups excluding carboxylic acids is 2. The zero-order valence-corrected chi connectivity index (χ0v) is 14.8. The SMILES string of the molecule is COc1cc(C(=O)NS(=O)(=O)c2ccccc2)cnc1C(=O)NCC(=O)O. The normalized spacial score (nSPS) is 10.7. The second-order valence-corrected chi connectivity index (χ2v) is 6.78. The quantitative estimate of drug-likeness (QED) is 0.595. The van der Waals surface area contributed by atoms with Crippen molar-refractivity contribution in [2.24, 2.45) is 0 Å². The molecule has 0 atom stereocenters. The van der Waals surface area contributed by atoms with Crippen molar-refractivity contribution >= 4 is 27.8 Å². The minimum atomic E-state index is -4.08. The van der Waals surface area contributed by atoms with Crippen LogP contribution >= 0.6 is 0 Å². The van der Waals surface area contributed by atoms with Crippen LogP contribution in [0.25, 0.3) is 0 Å². The second-order valence-electron chi connectivity index (χ2n) is 5.10. The summed E-state index contributed by atoms with van der Waals surface area (Å²) in [5.41, 5.74) is -0.414. The van der Waals surface area contributed by atoms with Gasteiger partial charge in [0.15, 0.2) is 11.4 Å². The summed E-state index contributed by atoms with van der Waals surface area (Å²) in [4.78, 5) is 38.3. The molecule has 10 nitrogen and oxygen atoms in total. The van der Waals surface area contributed by atoms with Gasteiger partial charge in [-0.3, -0.25) is 14.4 Å². The fraction of sp³-hybridized carbons (Fsp3) is 0.125. The summed E-state index contributed by atoms with van der Waals surface area (Å²) >= 11 is 0. The summed E-state index contributed by atoms with van der Waals surface area (Å²) in [6, 6.07) is 8.42. The summed E-state index contributed by atoms with van der Waals surface area (Å²) in [5, 5.41) is 10.7. The summed E-state index contributed by atoms with van der Waals surface area (Å²) < 4.78 is 31.2. The van der Waals surface area contributed by atoms with E-state index in [-0.39, 0.29) is 21.9 Å². The molecule has 0 aliphatic carbocycles. The molecule has 0 aliphatic heterocycles. The smallest absolute Gasteiger partial charge is 0.322 e. The first-order valence-electron chi connectivity index (χ1n) is 7.41. The van der Waals surface area contributed by atoms with Gasteiger partial charge in [-0.1, -0.05) is 18.2 Å². The maximum atomic E-state index is 12.2. The minimum absolute atomic E-state index is 0.0945. The Morgan fingerprint density at radius 1 is 1.15 bits per heavy atom. The van der Waals surface area contributed by atoms with E-state index in [0.29, 0.717) is 0 Å². The van der Waals surface area contributed by atoms with Crippen LogP contribution in [0.4, 0.5) is 0 Å². The van der Waals surface area contributed by atoms with Gasteiger partial charge < -0.3 is 15.2 Å². The van der Waals surface area contributed by atoms with Gasteiger partial charge in [0.1, 0.15) is 6.54 Å². The topological polar surface area (TPSA) is 152 Å². The molecule has 1 aromatic carbocycles. The average Bonchev–Trinajstić information content (AvgIpc) is 2.65. The number of hydrogen-bond acceptors (Lipinski definition) is 7. The second kappa shape index (κ2) is 8.27. The molecule has 0 fully saturated rings. The van der Waals surface area contributed by atoms with Gasteiger partial charge in [-0.2, -0.15) is 0 Å². The molecule has 0 aliphatic rings. The molecule has 0 saturated heterocycles. The number of benzene rings is 1. The zero-order valence-electron chi connectivity index (χ0n) is 14.0. The van der Waals surface area contributed by atoms with E-state index in [1.807, 2.05) is 4.72 Å². The molecule has 0 spiro atoms. The molecule has 1 aromatic heterocycles. The van der Waals surface area contributed by atoms with Crippen LogP contribution in [0.3, 0.4) is 0 Å². The largest absolute Gasteiger partial charge is 0.494 e. The number of hydrogen-bond donors (Lipinski definition) is 3. The van der Waals surface area contributed by atoms with Crippen molar-refractivity contribution in [1.82, 2.24) is 15.0 Å².